The highest BCUT2D eigenvalue weighted by Crippen LogP contribution is 2.38. The van der Waals surface area contributed by atoms with E-state index in [0.29, 0.717) is 0 Å². The summed E-state index contributed by atoms with van der Waals surface area (Å²) >= 11 is 4.65. The van der Waals surface area contributed by atoms with Gasteiger partial charge in [-0.15, -0.1) is 0 Å². The molecule has 0 aromatic carbocycles. The molecule has 11 nitrogen and oxygen atoms in total. The van der Waals surface area contributed by atoms with Crippen LogP contribution in [0.1, 0.15) is 6.23 Å². The van der Waals surface area contributed by atoms with E-state index in [9.17, 15) is 24.4 Å². The molecule has 0 saturated carbocycles. The van der Waals surface area contributed by atoms with E-state index in [4.69, 9.17) is 14.5 Å². The van der Waals surface area contributed by atoms with Crippen molar-refractivity contribution in [3.8, 4) is 0 Å². The SMILES string of the molecule is O=c1[nH]c(=O)n([C@@H]2O[C@H](COP(=O)(O)O)[C@H](O)C2O)c(I)c1Br. The lowest BCUT2D eigenvalue weighted by atomic mass is 10.1. The first-order valence-electron chi connectivity index (χ1n) is 5.94. The fourth-order valence-electron chi connectivity index (χ4n) is 1.98. The number of ether oxygens (including phenoxy) is 1. The van der Waals surface area contributed by atoms with Crippen molar-refractivity contribution in [2.45, 2.75) is 24.5 Å². The summed E-state index contributed by atoms with van der Waals surface area (Å²) in [5.74, 6) is 0. The van der Waals surface area contributed by atoms with E-state index in [2.05, 4.69) is 20.5 Å². The van der Waals surface area contributed by atoms with Crippen LogP contribution in [0.25, 0.3) is 0 Å². The summed E-state index contributed by atoms with van der Waals surface area (Å²) in [5.41, 5.74) is -1.56. The molecule has 1 aliphatic heterocycles. The Morgan fingerprint density at radius 1 is 1.35 bits per heavy atom. The zero-order valence-electron chi connectivity index (χ0n) is 11.0. The van der Waals surface area contributed by atoms with Crippen molar-refractivity contribution in [3.63, 3.8) is 0 Å². The Morgan fingerprint density at radius 3 is 2.52 bits per heavy atom. The number of H-pyrrole nitrogens is 1. The number of aromatic amines is 1. The third kappa shape index (κ3) is 4.11. The smallest absolute Gasteiger partial charge is 0.387 e. The van der Waals surface area contributed by atoms with Crippen LogP contribution in [0.2, 0.25) is 0 Å². The van der Waals surface area contributed by atoms with Gasteiger partial charge in [-0.05, 0) is 38.5 Å². The van der Waals surface area contributed by atoms with Crippen LogP contribution in [0.4, 0.5) is 0 Å². The number of rotatable bonds is 4. The molecule has 23 heavy (non-hydrogen) atoms. The van der Waals surface area contributed by atoms with Gasteiger partial charge in [-0.2, -0.15) is 0 Å². The minimum absolute atomic E-state index is 0.0258. The van der Waals surface area contributed by atoms with Gasteiger partial charge < -0.3 is 24.7 Å². The standard InChI is InChI=1S/C9H11BrIN2O9P/c10-3-6(11)13(9(17)12-7(3)16)8-5(15)4(14)2(22-8)1-21-23(18,19)20/h2,4-5,8,14-15H,1H2,(H,12,16,17)(H2,18,19,20)/t2-,4+,5?,8-/m1/s1. The Bertz CT molecular complexity index is 760. The van der Waals surface area contributed by atoms with Crippen LogP contribution in [0.3, 0.4) is 0 Å². The van der Waals surface area contributed by atoms with Crippen LogP contribution >= 0.6 is 46.3 Å². The first kappa shape index (κ1) is 19.2. The molecule has 0 amide bonds. The Kier molecular flexibility index (Phi) is 5.86. The molecule has 1 fully saturated rings. The fourth-order valence-corrected chi connectivity index (χ4v) is 3.35. The molecule has 0 bridgehead atoms. The Labute approximate surface area is 149 Å². The van der Waals surface area contributed by atoms with Gasteiger partial charge in [0.05, 0.1) is 6.61 Å². The summed E-state index contributed by atoms with van der Waals surface area (Å²) in [7, 11) is -4.79. The number of nitrogens with zero attached hydrogens (tertiary/aromatic N) is 1. The number of hydrogen-bond acceptors (Lipinski definition) is 7. The van der Waals surface area contributed by atoms with Crippen LogP contribution < -0.4 is 11.2 Å². The van der Waals surface area contributed by atoms with Gasteiger partial charge in [-0.25, -0.2) is 9.36 Å². The highest BCUT2D eigenvalue weighted by Gasteiger charge is 2.45. The molecule has 1 saturated heterocycles. The van der Waals surface area contributed by atoms with Crippen molar-refractivity contribution < 1.29 is 33.8 Å². The van der Waals surface area contributed by atoms with Gasteiger partial charge >= 0.3 is 13.5 Å². The van der Waals surface area contributed by atoms with Crippen molar-refractivity contribution in [2.24, 2.45) is 0 Å². The molecule has 0 aliphatic carbocycles. The summed E-state index contributed by atoms with van der Waals surface area (Å²) in [5, 5.41) is 19.9. The second-order valence-corrected chi connectivity index (χ2v) is 7.62. The van der Waals surface area contributed by atoms with Crippen molar-refractivity contribution >= 4 is 46.3 Å². The van der Waals surface area contributed by atoms with Gasteiger partial charge in [0, 0.05) is 0 Å². The minimum atomic E-state index is -4.79. The molecule has 14 heteroatoms. The van der Waals surface area contributed by atoms with Gasteiger partial charge in [-0.3, -0.25) is 18.9 Å². The number of phosphoric acid groups is 1. The first-order valence-corrected chi connectivity index (χ1v) is 9.34. The van der Waals surface area contributed by atoms with Gasteiger partial charge in [-0.1, -0.05) is 0 Å². The molecule has 5 N–H and O–H groups in total. The number of halogens is 2. The van der Waals surface area contributed by atoms with Crippen LogP contribution in [0.15, 0.2) is 14.1 Å². The average molecular weight is 529 g/mol. The van der Waals surface area contributed by atoms with E-state index in [1.54, 1.807) is 22.6 Å². The summed E-state index contributed by atoms with van der Waals surface area (Å²) in [6.07, 6.45) is -5.79. The van der Waals surface area contributed by atoms with E-state index < -0.39 is 50.2 Å². The third-order valence-corrected chi connectivity index (χ3v) is 6.05. The summed E-state index contributed by atoms with van der Waals surface area (Å²) < 4.78 is 21.2. The van der Waals surface area contributed by atoms with Gasteiger partial charge in [0.25, 0.3) is 5.56 Å². The molecule has 1 aromatic rings. The predicted octanol–water partition coefficient (Wildman–Crippen LogP) is -1.37. The van der Waals surface area contributed by atoms with Crippen molar-refractivity contribution in [3.05, 3.63) is 29.0 Å². The highest BCUT2D eigenvalue weighted by atomic mass is 127. The molecule has 1 aromatic heterocycles. The van der Waals surface area contributed by atoms with E-state index in [1.807, 2.05) is 4.98 Å². The quantitative estimate of drug-likeness (QED) is 0.180. The van der Waals surface area contributed by atoms with Gasteiger partial charge in [0.15, 0.2) is 6.23 Å². The van der Waals surface area contributed by atoms with E-state index in [-0.39, 0.29) is 8.17 Å². The summed E-state index contributed by atoms with van der Waals surface area (Å²) in [6, 6.07) is 0. The second kappa shape index (κ2) is 7.01. The largest absolute Gasteiger partial charge is 0.469 e. The lowest BCUT2D eigenvalue weighted by Gasteiger charge is -2.19. The number of hydrogen-bond donors (Lipinski definition) is 5. The molecule has 1 unspecified atom stereocenters. The molecule has 0 radical (unpaired) electrons. The zero-order chi connectivity index (χ0) is 17.5. The summed E-state index contributed by atoms with van der Waals surface area (Å²) in [6.45, 7) is -0.700. The predicted molar refractivity (Wildman–Crippen MR) is 85.7 cm³/mol. The topological polar surface area (TPSA) is 171 Å². The molecule has 2 rings (SSSR count). The average Bonchev–Trinajstić information content (AvgIpc) is 2.70. The summed E-state index contributed by atoms with van der Waals surface area (Å²) in [4.78, 5) is 42.7. The lowest BCUT2D eigenvalue weighted by molar-refractivity contribution is -0.0556. The molecule has 2 heterocycles. The Hall–Kier alpha value is -0.120. The molecule has 4 atom stereocenters. The maximum atomic E-state index is 11.9. The lowest BCUT2D eigenvalue weighted by Crippen LogP contribution is -2.40. The second-order valence-electron chi connectivity index (χ2n) is 4.57. The third-order valence-electron chi connectivity index (χ3n) is 3.03. The minimum Gasteiger partial charge on any atom is -0.387 e. The fraction of sp³-hybridized carbons (Fsp3) is 0.556. The van der Waals surface area contributed by atoms with Crippen molar-refractivity contribution in [2.75, 3.05) is 6.61 Å². The van der Waals surface area contributed by atoms with Crippen molar-refractivity contribution in [1.29, 1.82) is 0 Å². The molecule has 0 spiro atoms. The van der Waals surface area contributed by atoms with Gasteiger partial charge in [0.2, 0.25) is 0 Å². The maximum Gasteiger partial charge on any atom is 0.469 e. The van der Waals surface area contributed by atoms with Gasteiger partial charge in [0.1, 0.15) is 26.5 Å². The number of aliphatic hydroxyl groups excluding tert-OH is 2. The number of aromatic nitrogens is 2. The van der Waals surface area contributed by atoms with E-state index >= 15 is 0 Å². The molecule has 1 aliphatic rings. The zero-order valence-corrected chi connectivity index (χ0v) is 15.6. The maximum absolute atomic E-state index is 11.9. The molecular formula is C9H11BrIN2O9P. The number of aliphatic hydroxyl groups is 2. The van der Waals surface area contributed by atoms with Crippen LogP contribution in [-0.4, -0.2) is 54.5 Å². The van der Waals surface area contributed by atoms with E-state index in [0.717, 1.165) is 4.57 Å². The number of phosphoric ester groups is 1. The van der Waals surface area contributed by atoms with Crippen molar-refractivity contribution in [1.82, 2.24) is 9.55 Å². The van der Waals surface area contributed by atoms with Crippen LogP contribution in [-0.2, 0) is 13.8 Å². The first-order chi connectivity index (χ1) is 10.5. The highest BCUT2D eigenvalue weighted by molar-refractivity contribution is 14.1. The van der Waals surface area contributed by atoms with E-state index in [1.165, 1.54) is 0 Å². The Balaban J connectivity index is 2.32. The normalized spacial score (nSPS) is 28.3. The molecular weight excluding hydrogens is 518 g/mol. The Morgan fingerprint density at radius 2 is 1.96 bits per heavy atom. The van der Waals surface area contributed by atoms with Crippen LogP contribution in [0.5, 0.6) is 0 Å². The van der Waals surface area contributed by atoms with Crippen LogP contribution in [0, 0.1) is 3.70 Å². The number of nitrogens with one attached hydrogen (secondary N) is 1. The monoisotopic (exact) mass is 528 g/mol. The molecule has 130 valence electrons.